The lowest BCUT2D eigenvalue weighted by molar-refractivity contribution is 0.602. The molecule has 92 valence electrons. The first-order valence-electron chi connectivity index (χ1n) is 5.23. The summed E-state index contributed by atoms with van der Waals surface area (Å²) in [6.45, 7) is 2.69. The van der Waals surface area contributed by atoms with Crippen LogP contribution in [-0.2, 0) is 22.3 Å². The fourth-order valence-electron chi connectivity index (χ4n) is 1.92. The third-order valence-corrected chi connectivity index (χ3v) is 4.02. The summed E-state index contributed by atoms with van der Waals surface area (Å²) in [5.41, 5.74) is 1.32. The molecule has 2 aromatic rings. The molecule has 0 spiro atoms. The number of rotatable bonds is 3. The molecule has 1 heterocycles. The van der Waals surface area contributed by atoms with E-state index in [9.17, 15) is 8.42 Å². The quantitative estimate of drug-likeness (QED) is 0.805. The molecule has 0 unspecified atom stereocenters. The third kappa shape index (κ3) is 2.05. The Labute approximate surface area is 105 Å². The minimum absolute atomic E-state index is 0.258. The Hall–Kier alpha value is -1.07. The van der Waals surface area contributed by atoms with Gasteiger partial charge < -0.3 is 4.57 Å². The molecular formula is C11H13ClN2O2S. The molecule has 1 aromatic carbocycles. The van der Waals surface area contributed by atoms with E-state index < -0.39 is 9.84 Å². The summed E-state index contributed by atoms with van der Waals surface area (Å²) in [4.78, 5) is 4.58. The number of imidazole rings is 1. The highest BCUT2D eigenvalue weighted by molar-refractivity contribution is 7.91. The lowest BCUT2D eigenvalue weighted by Gasteiger charge is -2.03. The normalized spacial score (nSPS) is 12.2. The smallest absolute Gasteiger partial charge is 0.177 e. The highest BCUT2D eigenvalue weighted by Crippen LogP contribution is 2.24. The Kier molecular flexibility index (Phi) is 3.14. The topological polar surface area (TPSA) is 52.0 Å². The SMILES string of the molecule is CCn1c(CCl)nc2c(S(C)(=O)=O)cccc21. The van der Waals surface area contributed by atoms with Gasteiger partial charge in [0.05, 0.1) is 16.3 Å². The lowest BCUT2D eigenvalue weighted by Crippen LogP contribution is -1.99. The van der Waals surface area contributed by atoms with Crippen LogP contribution in [0.5, 0.6) is 0 Å². The lowest BCUT2D eigenvalue weighted by atomic mass is 10.3. The summed E-state index contributed by atoms with van der Waals surface area (Å²) in [7, 11) is -3.27. The van der Waals surface area contributed by atoms with E-state index in [-0.39, 0.29) is 10.8 Å². The number of benzene rings is 1. The molecule has 0 aliphatic heterocycles. The Morgan fingerprint density at radius 1 is 1.41 bits per heavy atom. The standard InChI is InChI=1S/C11H13ClN2O2S/c1-3-14-8-5-4-6-9(17(2,15)16)11(8)13-10(14)7-12/h4-6H,3,7H2,1-2H3. The zero-order valence-corrected chi connectivity index (χ0v) is 11.2. The van der Waals surface area contributed by atoms with Crippen molar-refractivity contribution >= 4 is 32.5 Å². The van der Waals surface area contributed by atoms with E-state index in [0.717, 1.165) is 5.52 Å². The number of fused-ring (bicyclic) bond motifs is 1. The Morgan fingerprint density at radius 2 is 2.12 bits per heavy atom. The summed E-state index contributed by atoms with van der Waals surface area (Å²) in [6.07, 6.45) is 1.19. The number of hydrogen-bond donors (Lipinski definition) is 0. The summed E-state index contributed by atoms with van der Waals surface area (Å²) in [5.74, 6) is 0.964. The van der Waals surface area contributed by atoms with E-state index in [1.54, 1.807) is 12.1 Å². The van der Waals surface area contributed by atoms with Gasteiger partial charge in [-0.05, 0) is 19.1 Å². The first-order valence-corrected chi connectivity index (χ1v) is 7.65. The number of halogens is 1. The van der Waals surface area contributed by atoms with Crippen LogP contribution in [0, 0.1) is 0 Å². The van der Waals surface area contributed by atoms with Crippen molar-refractivity contribution in [3.8, 4) is 0 Å². The van der Waals surface area contributed by atoms with Crippen LogP contribution in [0.15, 0.2) is 23.1 Å². The van der Waals surface area contributed by atoms with Crippen molar-refractivity contribution in [3.63, 3.8) is 0 Å². The number of sulfone groups is 1. The first kappa shape index (κ1) is 12.4. The van der Waals surface area contributed by atoms with Crippen LogP contribution >= 0.6 is 11.6 Å². The van der Waals surface area contributed by atoms with Crippen LogP contribution in [0.3, 0.4) is 0 Å². The molecule has 1 aromatic heterocycles. The molecule has 0 atom stereocenters. The summed E-state index contributed by atoms with van der Waals surface area (Å²) >= 11 is 5.82. The Morgan fingerprint density at radius 3 is 2.65 bits per heavy atom. The van der Waals surface area contributed by atoms with E-state index >= 15 is 0 Å². The molecular weight excluding hydrogens is 260 g/mol. The van der Waals surface area contributed by atoms with Crippen LogP contribution in [-0.4, -0.2) is 24.2 Å². The molecule has 2 rings (SSSR count). The fraction of sp³-hybridized carbons (Fsp3) is 0.364. The van der Waals surface area contributed by atoms with Crippen molar-refractivity contribution in [3.05, 3.63) is 24.0 Å². The molecule has 0 bridgehead atoms. The van der Waals surface area contributed by atoms with Crippen LogP contribution in [0.25, 0.3) is 11.0 Å². The largest absolute Gasteiger partial charge is 0.327 e. The van der Waals surface area contributed by atoms with Gasteiger partial charge in [0.25, 0.3) is 0 Å². The van der Waals surface area contributed by atoms with E-state index in [2.05, 4.69) is 4.98 Å². The minimum Gasteiger partial charge on any atom is -0.327 e. The molecule has 17 heavy (non-hydrogen) atoms. The zero-order valence-electron chi connectivity index (χ0n) is 9.64. The Balaban J connectivity index is 2.88. The maximum absolute atomic E-state index is 11.7. The van der Waals surface area contributed by atoms with E-state index in [1.165, 1.54) is 6.26 Å². The molecule has 0 fully saturated rings. The van der Waals surface area contributed by atoms with Gasteiger partial charge in [0.2, 0.25) is 0 Å². The average molecular weight is 273 g/mol. The van der Waals surface area contributed by atoms with Crippen molar-refractivity contribution in [1.82, 2.24) is 9.55 Å². The van der Waals surface area contributed by atoms with Crippen molar-refractivity contribution < 1.29 is 8.42 Å². The van der Waals surface area contributed by atoms with Gasteiger partial charge in [-0.15, -0.1) is 11.6 Å². The summed E-state index contributed by atoms with van der Waals surface area (Å²) in [5, 5.41) is 0. The highest BCUT2D eigenvalue weighted by atomic mass is 35.5. The molecule has 6 heteroatoms. The van der Waals surface area contributed by atoms with Gasteiger partial charge in [-0.2, -0.15) is 0 Å². The van der Waals surface area contributed by atoms with Gasteiger partial charge in [0.1, 0.15) is 11.3 Å². The van der Waals surface area contributed by atoms with E-state index in [0.29, 0.717) is 17.9 Å². The van der Waals surface area contributed by atoms with Crippen molar-refractivity contribution in [1.29, 1.82) is 0 Å². The van der Waals surface area contributed by atoms with Crippen molar-refractivity contribution in [2.45, 2.75) is 24.2 Å². The minimum atomic E-state index is -3.27. The van der Waals surface area contributed by atoms with Gasteiger partial charge in [-0.1, -0.05) is 6.07 Å². The fourth-order valence-corrected chi connectivity index (χ4v) is 2.95. The first-order chi connectivity index (χ1) is 7.99. The maximum Gasteiger partial charge on any atom is 0.177 e. The van der Waals surface area contributed by atoms with E-state index in [1.807, 2.05) is 17.6 Å². The van der Waals surface area contributed by atoms with Crippen molar-refractivity contribution in [2.75, 3.05) is 6.26 Å². The van der Waals surface area contributed by atoms with Crippen LogP contribution in [0.2, 0.25) is 0 Å². The van der Waals surface area contributed by atoms with Gasteiger partial charge in [-0.3, -0.25) is 0 Å². The summed E-state index contributed by atoms with van der Waals surface area (Å²) < 4.78 is 25.3. The molecule has 0 aliphatic carbocycles. The number of hydrogen-bond acceptors (Lipinski definition) is 3. The van der Waals surface area contributed by atoms with Gasteiger partial charge >= 0.3 is 0 Å². The second kappa shape index (κ2) is 4.31. The van der Waals surface area contributed by atoms with Crippen LogP contribution < -0.4 is 0 Å². The number of aromatic nitrogens is 2. The number of aryl methyl sites for hydroxylation is 1. The molecule has 0 N–H and O–H groups in total. The monoisotopic (exact) mass is 272 g/mol. The number of para-hydroxylation sites is 1. The zero-order chi connectivity index (χ0) is 12.6. The van der Waals surface area contributed by atoms with Crippen LogP contribution in [0.1, 0.15) is 12.7 Å². The number of alkyl halides is 1. The van der Waals surface area contributed by atoms with Gasteiger partial charge in [-0.25, -0.2) is 13.4 Å². The second-order valence-electron chi connectivity index (χ2n) is 3.80. The molecule has 0 saturated carbocycles. The molecule has 0 radical (unpaired) electrons. The average Bonchev–Trinajstić information content (AvgIpc) is 2.64. The molecule has 0 saturated heterocycles. The Bertz CT molecular complexity index is 661. The third-order valence-electron chi connectivity index (χ3n) is 2.66. The molecule has 0 aliphatic rings. The predicted molar refractivity (Wildman–Crippen MR) is 68.1 cm³/mol. The maximum atomic E-state index is 11.7. The van der Waals surface area contributed by atoms with E-state index in [4.69, 9.17) is 11.6 Å². The molecule has 0 amide bonds. The number of nitrogens with zero attached hydrogens (tertiary/aromatic N) is 2. The highest BCUT2D eigenvalue weighted by Gasteiger charge is 2.17. The van der Waals surface area contributed by atoms with Crippen molar-refractivity contribution in [2.24, 2.45) is 0 Å². The van der Waals surface area contributed by atoms with Gasteiger partial charge in [0.15, 0.2) is 9.84 Å². The second-order valence-corrected chi connectivity index (χ2v) is 6.05. The van der Waals surface area contributed by atoms with Gasteiger partial charge in [0, 0.05) is 12.8 Å². The molecule has 4 nitrogen and oxygen atoms in total. The summed E-state index contributed by atoms with van der Waals surface area (Å²) in [6, 6.07) is 5.16. The predicted octanol–water partition coefficient (Wildman–Crippen LogP) is 2.20. The van der Waals surface area contributed by atoms with Crippen LogP contribution in [0.4, 0.5) is 0 Å².